The molecule has 2 saturated heterocycles. The van der Waals surface area contributed by atoms with Crippen molar-refractivity contribution in [3.63, 3.8) is 0 Å². The van der Waals surface area contributed by atoms with Gasteiger partial charge in [-0.1, -0.05) is 31.7 Å². The van der Waals surface area contributed by atoms with E-state index in [1.807, 2.05) is 41.3 Å². The molecule has 2 atom stereocenters. The van der Waals surface area contributed by atoms with E-state index in [0.29, 0.717) is 59.2 Å². The first-order valence-corrected chi connectivity index (χ1v) is 14.6. The van der Waals surface area contributed by atoms with Gasteiger partial charge in [0.15, 0.2) is 16.7 Å². The molecule has 0 bridgehead atoms. The first kappa shape index (κ1) is 26.0. The van der Waals surface area contributed by atoms with Crippen molar-refractivity contribution < 1.29 is 19.0 Å². The van der Waals surface area contributed by atoms with Gasteiger partial charge in [-0.25, -0.2) is 4.98 Å². The zero-order valence-corrected chi connectivity index (χ0v) is 23.2. The van der Waals surface area contributed by atoms with Crippen molar-refractivity contribution in [2.24, 2.45) is 11.8 Å². The summed E-state index contributed by atoms with van der Waals surface area (Å²) in [4.78, 5) is 36.2. The number of fused-ring (bicyclic) bond motifs is 2. The lowest BCUT2D eigenvalue weighted by Crippen LogP contribution is -2.43. The van der Waals surface area contributed by atoms with Crippen molar-refractivity contribution in [2.45, 2.75) is 32.0 Å². The van der Waals surface area contributed by atoms with E-state index in [0.717, 1.165) is 43.9 Å². The van der Waals surface area contributed by atoms with Gasteiger partial charge in [-0.05, 0) is 54.2 Å². The van der Waals surface area contributed by atoms with Crippen molar-refractivity contribution in [2.75, 3.05) is 56.8 Å². The summed E-state index contributed by atoms with van der Waals surface area (Å²) in [7, 11) is 0. The van der Waals surface area contributed by atoms with Crippen molar-refractivity contribution in [3.05, 3.63) is 52.3 Å². The third-order valence-corrected chi connectivity index (χ3v) is 8.56. The number of thioether (sulfide) groups is 1. The molecule has 2 fully saturated rings. The molecule has 3 aromatic rings. The Bertz CT molecular complexity index is 1430. The molecule has 3 aliphatic heterocycles. The summed E-state index contributed by atoms with van der Waals surface area (Å²) in [5, 5.41) is 1.10. The number of rotatable bonds is 6. The molecule has 10 heteroatoms. The molecule has 39 heavy (non-hydrogen) atoms. The highest BCUT2D eigenvalue weighted by Gasteiger charge is 2.26. The SMILES string of the molecule is C[C@@H]1C[C@@H](C)CN(C(=O)CSc2nc3ccc(N4CCOCC4)cc3c(=O)n2Cc2ccc3c(c2)OCO3)C1. The zero-order chi connectivity index (χ0) is 26.9. The Hall–Kier alpha value is -3.24. The Balaban J connectivity index is 1.33. The first-order valence-electron chi connectivity index (χ1n) is 13.6. The van der Waals surface area contributed by atoms with Gasteiger partial charge in [-0.3, -0.25) is 14.2 Å². The van der Waals surface area contributed by atoms with E-state index in [4.69, 9.17) is 19.2 Å². The number of piperidine rings is 1. The zero-order valence-electron chi connectivity index (χ0n) is 22.4. The third kappa shape index (κ3) is 5.58. The molecule has 0 unspecified atom stereocenters. The van der Waals surface area contributed by atoms with Crippen LogP contribution in [-0.4, -0.2) is 72.3 Å². The van der Waals surface area contributed by atoms with Gasteiger partial charge in [0.1, 0.15) is 0 Å². The maximum Gasteiger partial charge on any atom is 0.262 e. The number of ether oxygens (including phenoxy) is 3. The van der Waals surface area contributed by atoms with Crippen LogP contribution in [0.25, 0.3) is 10.9 Å². The molecular weight excluding hydrogens is 516 g/mol. The number of hydrogen-bond donors (Lipinski definition) is 0. The van der Waals surface area contributed by atoms with Crippen molar-refractivity contribution in [3.8, 4) is 11.5 Å². The van der Waals surface area contributed by atoms with Gasteiger partial charge in [-0.2, -0.15) is 0 Å². The lowest BCUT2D eigenvalue weighted by Gasteiger charge is -2.35. The Morgan fingerprint density at radius 2 is 1.79 bits per heavy atom. The Kier molecular flexibility index (Phi) is 7.40. The van der Waals surface area contributed by atoms with E-state index < -0.39 is 0 Å². The van der Waals surface area contributed by atoms with E-state index >= 15 is 0 Å². The molecule has 0 spiro atoms. The van der Waals surface area contributed by atoms with Crippen LogP contribution in [0.1, 0.15) is 25.8 Å². The second-order valence-corrected chi connectivity index (χ2v) is 11.8. The maximum absolute atomic E-state index is 14.0. The van der Waals surface area contributed by atoms with Crippen LogP contribution in [0, 0.1) is 11.8 Å². The predicted octanol–water partition coefficient (Wildman–Crippen LogP) is 3.61. The van der Waals surface area contributed by atoms with Gasteiger partial charge in [0.25, 0.3) is 5.56 Å². The van der Waals surface area contributed by atoms with Gasteiger partial charge in [0.05, 0.1) is 36.4 Å². The summed E-state index contributed by atoms with van der Waals surface area (Å²) in [6.07, 6.45) is 1.14. The van der Waals surface area contributed by atoms with Crippen LogP contribution in [0.15, 0.2) is 46.3 Å². The number of carbonyl (C=O) groups is 1. The largest absolute Gasteiger partial charge is 0.454 e. The lowest BCUT2D eigenvalue weighted by atomic mass is 9.92. The predicted molar refractivity (Wildman–Crippen MR) is 151 cm³/mol. The van der Waals surface area contributed by atoms with Crippen molar-refractivity contribution in [1.82, 2.24) is 14.5 Å². The lowest BCUT2D eigenvalue weighted by molar-refractivity contribution is -0.130. The van der Waals surface area contributed by atoms with Crippen LogP contribution in [0.3, 0.4) is 0 Å². The van der Waals surface area contributed by atoms with E-state index in [9.17, 15) is 9.59 Å². The summed E-state index contributed by atoms with van der Waals surface area (Å²) in [5.41, 5.74) is 2.40. The smallest absolute Gasteiger partial charge is 0.262 e. The molecule has 1 amide bonds. The van der Waals surface area contributed by atoms with E-state index in [1.54, 1.807) is 4.57 Å². The third-order valence-electron chi connectivity index (χ3n) is 7.60. The van der Waals surface area contributed by atoms with Gasteiger partial charge >= 0.3 is 0 Å². The minimum atomic E-state index is -0.122. The van der Waals surface area contributed by atoms with Crippen LogP contribution >= 0.6 is 11.8 Å². The highest BCUT2D eigenvalue weighted by atomic mass is 32.2. The molecule has 0 saturated carbocycles. The standard InChI is InChI=1S/C29H34N4O5S/c1-19-11-20(2)15-32(14-19)27(34)17-39-29-30-24-5-4-22(31-7-9-36-10-8-31)13-23(24)28(35)33(29)16-21-3-6-25-26(12-21)38-18-37-25/h3-6,12-13,19-20H,7-11,14-18H2,1-2H3/t19-,20-/m1/s1. The van der Waals surface area contributed by atoms with Crippen LogP contribution in [0.4, 0.5) is 5.69 Å². The number of benzene rings is 2. The molecule has 4 heterocycles. The van der Waals surface area contributed by atoms with E-state index in [1.165, 1.54) is 11.8 Å². The second kappa shape index (κ2) is 11.1. The average molecular weight is 551 g/mol. The number of anilines is 1. The van der Waals surface area contributed by atoms with Crippen LogP contribution in [-0.2, 0) is 16.1 Å². The van der Waals surface area contributed by atoms with Crippen molar-refractivity contribution in [1.29, 1.82) is 0 Å². The van der Waals surface area contributed by atoms with E-state index in [2.05, 4.69) is 18.7 Å². The number of nitrogens with zero attached hydrogens (tertiary/aromatic N) is 4. The number of hydrogen-bond acceptors (Lipinski definition) is 8. The summed E-state index contributed by atoms with van der Waals surface area (Å²) < 4.78 is 18.2. The van der Waals surface area contributed by atoms with E-state index in [-0.39, 0.29) is 24.0 Å². The fourth-order valence-electron chi connectivity index (χ4n) is 5.76. The minimum absolute atomic E-state index is 0.0880. The van der Waals surface area contributed by atoms with Crippen LogP contribution in [0.5, 0.6) is 11.5 Å². The molecule has 1 aromatic heterocycles. The number of aromatic nitrogens is 2. The molecule has 3 aliphatic rings. The molecule has 0 radical (unpaired) electrons. The van der Waals surface area contributed by atoms with Crippen LogP contribution in [0.2, 0.25) is 0 Å². The summed E-state index contributed by atoms with van der Waals surface area (Å²) >= 11 is 1.33. The summed E-state index contributed by atoms with van der Waals surface area (Å²) in [5.74, 6) is 2.68. The maximum atomic E-state index is 14.0. The number of carbonyl (C=O) groups excluding carboxylic acids is 1. The molecular formula is C29H34N4O5S. The van der Waals surface area contributed by atoms with Crippen LogP contribution < -0.4 is 19.9 Å². The highest BCUT2D eigenvalue weighted by molar-refractivity contribution is 7.99. The van der Waals surface area contributed by atoms with Crippen molar-refractivity contribution >= 4 is 34.3 Å². The van der Waals surface area contributed by atoms with Gasteiger partial charge in [0, 0.05) is 31.9 Å². The van der Waals surface area contributed by atoms with Gasteiger partial charge in [-0.15, -0.1) is 0 Å². The number of morpholine rings is 1. The second-order valence-electron chi connectivity index (χ2n) is 10.8. The molecule has 0 N–H and O–H groups in total. The molecule has 9 nitrogen and oxygen atoms in total. The fraction of sp³-hybridized carbons (Fsp3) is 0.483. The first-order chi connectivity index (χ1) is 18.9. The Morgan fingerprint density at radius 1 is 1.03 bits per heavy atom. The molecule has 206 valence electrons. The summed E-state index contributed by atoms with van der Waals surface area (Å²) in [6.45, 7) is 9.37. The van der Waals surface area contributed by atoms with Gasteiger partial charge in [0.2, 0.25) is 12.7 Å². The van der Waals surface area contributed by atoms with Gasteiger partial charge < -0.3 is 24.0 Å². The highest BCUT2D eigenvalue weighted by Crippen LogP contribution is 2.33. The Labute approximate surface area is 232 Å². The molecule has 2 aromatic carbocycles. The topological polar surface area (TPSA) is 86.1 Å². The molecule has 0 aliphatic carbocycles. The Morgan fingerprint density at radius 3 is 2.59 bits per heavy atom. The number of amides is 1. The fourth-order valence-corrected chi connectivity index (χ4v) is 6.66. The normalized spacial score (nSPS) is 21.0. The quantitative estimate of drug-likeness (QED) is 0.340. The summed E-state index contributed by atoms with van der Waals surface area (Å²) in [6, 6.07) is 11.6. The molecule has 6 rings (SSSR count). The number of likely N-dealkylation sites (tertiary alicyclic amines) is 1. The monoisotopic (exact) mass is 550 g/mol. The minimum Gasteiger partial charge on any atom is -0.454 e. The average Bonchev–Trinajstić information content (AvgIpc) is 3.41.